The van der Waals surface area contributed by atoms with Gasteiger partial charge in [-0.25, -0.2) is 18.0 Å². The van der Waals surface area contributed by atoms with Crippen LogP contribution in [0.25, 0.3) is 0 Å². The van der Waals surface area contributed by atoms with E-state index in [0.29, 0.717) is 22.6 Å². The molecule has 1 saturated heterocycles. The second-order valence-electron chi connectivity index (χ2n) is 6.12. The maximum atomic E-state index is 12.6. The molecule has 8 nitrogen and oxygen atoms in total. The van der Waals surface area contributed by atoms with Gasteiger partial charge in [0.1, 0.15) is 9.09 Å². The van der Waals surface area contributed by atoms with Crippen LogP contribution >= 0.6 is 23.1 Å². The largest absolute Gasteiger partial charge is 0.478 e. The maximum Gasteiger partial charge on any atom is 0.346 e. The number of hydrogen-bond acceptors (Lipinski definition) is 7. The standard InChI is InChI=1S/C17H18N2O6S3/c1-10-8-14(27-15(10)17(22)23)28(24,25)18-11-2-3-13(12(9-11)16(20)21)19-4-6-26-7-5-19/h2-3,8-9,18H,4-7H2,1H3,(H,20,21)(H,22,23). The average Bonchev–Trinajstić information content (AvgIpc) is 3.05. The molecule has 1 aromatic heterocycles. The number of aryl methyl sites for hydroxylation is 1. The molecule has 2 aromatic rings. The zero-order valence-electron chi connectivity index (χ0n) is 14.8. The van der Waals surface area contributed by atoms with Crippen molar-refractivity contribution in [2.24, 2.45) is 0 Å². The van der Waals surface area contributed by atoms with Gasteiger partial charge in [0, 0.05) is 30.3 Å². The van der Waals surface area contributed by atoms with Crippen LogP contribution in [-0.4, -0.2) is 55.2 Å². The van der Waals surface area contributed by atoms with Gasteiger partial charge in [-0.1, -0.05) is 0 Å². The lowest BCUT2D eigenvalue weighted by atomic mass is 10.1. The lowest BCUT2D eigenvalue weighted by Crippen LogP contribution is -2.33. The summed E-state index contributed by atoms with van der Waals surface area (Å²) in [5.74, 6) is -0.538. The number of carbonyl (C=O) groups is 2. The molecule has 0 spiro atoms. The number of thioether (sulfide) groups is 1. The Morgan fingerprint density at radius 3 is 2.36 bits per heavy atom. The summed E-state index contributed by atoms with van der Waals surface area (Å²) in [7, 11) is -4.03. The second kappa shape index (κ2) is 8.02. The molecule has 150 valence electrons. The van der Waals surface area contributed by atoms with E-state index in [1.165, 1.54) is 25.1 Å². The molecule has 0 saturated carbocycles. The van der Waals surface area contributed by atoms with E-state index in [1.54, 1.807) is 17.8 Å². The van der Waals surface area contributed by atoms with Gasteiger partial charge < -0.3 is 15.1 Å². The first-order chi connectivity index (χ1) is 13.2. The van der Waals surface area contributed by atoms with E-state index < -0.39 is 22.0 Å². The third-order valence-corrected chi connectivity index (χ3v) is 8.21. The minimum atomic E-state index is -4.03. The molecule has 1 aliphatic heterocycles. The Morgan fingerprint density at radius 1 is 1.11 bits per heavy atom. The van der Waals surface area contributed by atoms with Gasteiger partial charge in [-0.05, 0) is 36.8 Å². The highest BCUT2D eigenvalue weighted by Gasteiger charge is 2.24. The van der Waals surface area contributed by atoms with E-state index in [0.717, 1.165) is 24.6 Å². The van der Waals surface area contributed by atoms with Crippen molar-refractivity contribution >= 4 is 56.4 Å². The highest BCUT2D eigenvalue weighted by atomic mass is 32.2. The molecule has 0 aliphatic carbocycles. The number of nitrogens with zero attached hydrogens (tertiary/aromatic N) is 1. The monoisotopic (exact) mass is 442 g/mol. The number of thiophene rings is 1. The van der Waals surface area contributed by atoms with E-state index in [-0.39, 0.29) is 20.3 Å². The summed E-state index contributed by atoms with van der Waals surface area (Å²) in [5, 5.41) is 18.7. The van der Waals surface area contributed by atoms with Crippen LogP contribution in [0.5, 0.6) is 0 Å². The van der Waals surface area contributed by atoms with Gasteiger partial charge in [0.2, 0.25) is 0 Å². The minimum absolute atomic E-state index is 0.0145. The zero-order valence-corrected chi connectivity index (χ0v) is 17.3. The van der Waals surface area contributed by atoms with Crippen LogP contribution in [0.4, 0.5) is 11.4 Å². The van der Waals surface area contributed by atoms with Crippen molar-refractivity contribution in [1.82, 2.24) is 0 Å². The summed E-state index contributed by atoms with van der Waals surface area (Å²) in [4.78, 5) is 24.8. The summed E-state index contributed by atoms with van der Waals surface area (Å²) >= 11 is 2.45. The van der Waals surface area contributed by atoms with Crippen molar-refractivity contribution < 1.29 is 28.2 Å². The van der Waals surface area contributed by atoms with Crippen LogP contribution < -0.4 is 9.62 Å². The van der Waals surface area contributed by atoms with Crippen LogP contribution in [0.1, 0.15) is 25.6 Å². The SMILES string of the molecule is Cc1cc(S(=O)(=O)Nc2ccc(N3CCSCC3)c(C(=O)O)c2)sc1C(=O)O. The van der Waals surface area contributed by atoms with Crippen LogP contribution in [-0.2, 0) is 10.0 Å². The fraction of sp³-hybridized carbons (Fsp3) is 0.294. The lowest BCUT2D eigenvalue weighted by molar-refractivity contribution is 0.0688. The van der Waals surface area contributed by atoms with Crippen LogP contribution in [0.15, 0.2) is 28.5 Å². The number of aromatic carboxylic acids is 2. The molecule has 1 aliphatic rings. The van der Waals surface area contributed by atoms with Gasteiger partial charge in [0.15, 0.2) is 0 Å². The first kappa shape index (κ1) is 20.5. The van der Waals surface area contributed by atoms with Crippen LogP contribution in [0, 0.1) is 6.92 Å². The van der Waals surface area contributed by atoms with Crippen molar-refractivity contribution in [3.05, 3.63) is 40.3 Å². The number of hydrogen-bond donors (Lipinski definition) is 3. The first-order valence-electron chi connectivity index (χ1n) is 8.25. The van der Waals surface area contributed by atoms with Crippen molar-refractivity contribution in [3.63, 3.8) is 0 Å². The number of carboxylic acid groups (broad SMARTS) is 2. The number of nitrogens with one attached hydrogen (secondary N) is 1. The van der Waals surface area contributed by atoms with Gasteiger partial charge in [0.05, 0.1) is 11.3 Å². The summed E-state index contributed by atoms with van der Waals surface area (Å²) in [6, 6.07) is 5.68. The second-order valence-corrected chi connectivity index (χ2v) is 10.3. The Balaban J connectivity index is 1.91. The third kappa shape index (κ3) is 4.26. The highest BCUT2D eigenvalue weighted by Crippen LogP contribution is 2.30. The summed E-state index contributed by atoms with van der Waals surface area (Å²) in [6.07, 6.45) is 0. The highest BCUT2D eigenvalue weighted by molar-refractivity contribution is 7.99. The fourth-order valence-electron chi connectivity index (χ4n) is 2.85. The Labute approximate surface area is 170 Å². The number of benzene rings is 1. The molecular weight excluding hydrogens is 424 g/mol. The van der Waals surface area contributed by atoms with E-state index in [1.807, 2.05) is 4.90 Å². The molecule has 0 radical (unpaired) electrons. The number of anilines is 2. The van der Waals surface area contributed by atoms with Gasteiger partial charge in [-0.2, -0.15) is 11.8 Å². The predicted molar refractivity (Wildman–Crippen MR) is 110 cm³/mol. The topological polar surface area (TPSA) is 124 Å². The normalized spacial score (nSPS) is 14.7. The molecule has 0 atom stereocenters. The van der Waals surface area contributed by atoms with Crippen molar-refractivity contribution in [3.8, 4) is 0 Å². The summed E-state index contributed by atoms with van der Waals surface area (Å²) in [5.41, 5.74) is 1.02. The Kier molecular flexibility index (Phi) is 5.87. The molecule has 0 amide bonds. The quantitative estimate of drug-likeness (QED) is 0.624. The zero-order chi connectivity index (χ0) is 20.5. The van der Waals surface area contributed by atoms with Gasteiger partial charge in [-0.3, -0.25) is 4.72 Å². The number of carboxylic acids is 2. The maximum absolute atomic E-state index is 12.6. The molecule has 0 bridgehead atoms. The molecule has 3 rings (SSSR count). The molecule has 28 heavy (non-hydrogen) atoms. The van der Waals surface area contributed by atoms with Crippen LogP contribution in [0.3, 0.4) is 0 Å². The van der Waals surface area contributed by atoms with Crippen LogP contribution in [0.2, 0.25) is 0 Å². The van der Waals surface area contributed by atoms with Crippen molar-refractivity contribution in [2.45, 2.75) is 11.1 Å². The molecular formula is C17H18N2O6S3. The first-order valence-corrected chi connectivity index (χ1v) is 11.7. The molecule has 0 unspecified atom stereocenters. The average molecular weight is 443 g/mol. The Morgan fingerprint density at radius 2 is 1.79 bits per heavy atom. The molecule has 11 heteroatoms. The predicted octanol–water partition coefficient (Wildman–Crippen LogP) is 2.81. The third-order valence-electron chi connectivity index (χ3n) is 4.19. The minimum Gasteiger partial charge on any atom is -0.478 e. The Hall–Kier alpha value is -2.24. The molecule has 2 heterocycles. The lowest BCUT2D eigenvalue weighted by Gasteiger charge is -2.29. The van der Waals surface area contributed by atoms with E-state index in [9.17, 15) is 23.1 Å². The molecule has 3 N–H and O–H groups in total. The summed E-state index contributed by atoms with van der Waals surface area (Å²) < 4.78 is 27.4. The van der Waals surface area contributed by atoms with Gasteiger partial charge in [-0.15, -0.1) is 11.3 Å². The summed E-state index contributed by atoms with van der Waals surface area (Å²) in [6.45, 7) is 2.97. The van der Waals surface area contributed by atoms with E-state index in [2.05, 4.69) is 4.72 Å². The van der Waals surface area contributed by atoms with Crippen molar-refractivity contribution in [1.29, 1.82) is 0 Å². The fourth-order valence-corrected chi connectivity index (χ4v) is 6.18. The number of sulfonamides is 1. The molecule has 1 fully saturated rings. The number of rotatable bonds is 6. The Bertz CT molecular complexity index is 1030. The van der Waals surface area contributed by atoms with E-state index >= 15 is 0 Å². The van der Waals surface area contributed by atoms with Gasteiger partial charge >= 0.3 is 11.9 Å². The van der Waals surface area contributed by atoms with E-state index in [4.69, 9.17) is 5.11 Å². The van der Waals surface area contributed by atoms with Gasteiger partial charge in [0.25, 0.3) is 10.0 Å². The smallest absolute Gasteiger partial charge is 0.346 e. The van der Waals surface area contributed by atoms with Crippen molar-refractivity contribution in [2.75, 3.05) is 34.2 Å². The molecule has 1 aromatic carbocycles.